The predicted molar refractivity (Wildman–Crippen MR) is 50.4 cm³/mol. The van der Waals surface area contributed by atoms with Gasteiger partial charge in [-0.3, -0.25) is 4.79 Å². The van der Waals surface area contributed by atoms with Gasteiger partial charge < -0.3 is 4.74 Å². The minimum atomic E-state index is 0.392. The van der Waals surface area contributed by atoms with Crippen LogP contribution >= 0.6 is 0 Å². The van der Waals surface area contributed by atoms with E-state index < -0.39 is 0 Å². The van der Waals surface area contributed by atoms with E-state index in [0.717, 1.165) is 37.9 Å². The van der Waals surface area contributed by atoms with Gasteiger partial charge in [-0.05, 0) is 44.4 Å². The van der Waals surface area contributed by atoms with Crippen LogP contribution in [0.5, 0.6) is 0 Å². The monoisotopic (exact) mass is 182 g/mol. The summed E-state index contributed by atoms with van der Waals surface area (Å²) in [5, 5.41) is 0. The van der Waals surface area contributed by atoms with Crippen LogP contribution in [0.2, 0.25) is 0 Å². The van der Waals surface area contributed by atoms with Crippen LogP contribution in [0.4, 0.5) is 0 Å². The quantitative estimate of drug-likeness (QED) is 0.653. The standard InChI is InChI=1S/C11H18O2/c1-8(12)10-6-11(7-10)9-2-4-13-5-3-9/h9-11H,2-7H2,1H3. The number of hydrogen-bond acceptors (Lipinski definition) is 2. The van der Waals surface area contributed by atoms with Crippen molar-refractivity contribution in [3.8, 4) is 0 Å². The van der Waals surface area contributed by atoms with Crippen molar-refractivity contribution in [3.05, 3.63) is 0 Å². The van der Waals surface area contributed by atoms with Crippen molar-refractivity contribution in [1.29, 1.82) is 0 Å². The Hall–Kier alpha value is -0.370. The Labute approximate surface area is 79.7 Å². The summed E-state index contributed by atoms with van der Waals surface area (Å²) in [6, 6.07) is 0. The van der Waals surface area contributed by atoms with Gasteiger partial charge in [0.05, 0.1) is 0 Å². The number of hydrogen-bond donors (Lipinski definition) is 0. The molecule has 0 bridgehead atoms. The van der Waals surface area contributed by atoms with E-state index in [1.807, 2.05) is 0 Å². The van der Waals surface area contributed by atoms with Crippen LogP contribution in [-0.4, -0.2) is 19.0 Å². The molecule has 2 aliphatic rings. The van der Waals surface area contributed by atoms with Crippen molar-refractivity contribution in [3.63, 3.8) is 0 Å². The Kier molecular flexibility index (Phi) is 2.68. The van der Waals surface area contributed by atoms with Gasteiger partial charge >= 0.3 is 0 Å². The molecule has 1 aliphatic carbocycles. The normalized spacial score (nSPS) is 35.5. The molecule has 74 valence electrons. The Balaban J connectivity index is 1.75. The molecule has 0 unspecified atom stereocenters. The third-order valence-electron chi connectivity index (χ3n) is 3.68. The van der Waals surface area contributed by atoms with Gasteiger partial charge in [-0.25, -0.2) is 0 Å². The van der Waals surface area contributed by atoms with E-state index in [9.17, 15) is 4.79 Å². The molecule has 0 radical (unpaired) electrons. The molecule has 2 fully saturated rings. The zero-order valence-electron chi connectivity index (χ0n) is 8.29. The Morgan fingerprint density at radius 2 is 1.77 bits per heavy atom. The third kappa shape index (κ3) is 1.93. The molecular weight excluding hydrogens is 164 g/mol. The van der Waals surface area contributed by atoms with Crippen molar-refractivity contribution in [1.82, 2.24) is 0 Å². The molecule has 0 atom stereocenters. The lowest BCUT2D eigenvalue weighted by Gasteiger charge is -2.40. The highest BCUT2D eigenvalue weighted by Gasteiger charge is 2.37. The van der Waals surface area contributed by atoms with E-state index in [0.29, 0.717) is 11.7 Å². The lowest BCUT2D eigenvalue weighted by atomic mass is 9.65. The first kappa shape index (κ1) is 9.20. The number of rotatable bonds is 2. The average molecular weight is 182 g/mol. The maximum atomic E-state index is 11.0. The first-order valence-corrected chi connectivity index (χ1v) is 5.35. The number of carbonyl (C=O) groups is 1. The highest BCUT2D eigenvalue weighted by Crippen LogP contribution is 2.42. The summed E-state index contributed by atoms with van der Waals surface area (Å²) in [6.07, 6.45) is 4.74. The largest absolute Gasteiger partial charge is 0.381 e. The average Bonchev–Trinajstić information content (AvgIpc) is 2.02. The van der Waals surface area contributed by atoms with Crippen molar-refractivity contribution in [2.75, 3.05) is 13.2 Å². The molecule has 1 heterocycles. The minimum absolute atomic E-state index is 0.392. The van der Waals surface area contributed by atoms with E-state index in [1.54, 1.807) is 6.92 Å². The fourth-order valence-corrected chi connectivity index (χ4v) is 2.57. The molecule has 2 heteroatoms. The summed E-state index contributed by atoms with van der Waals surface area (Å²) < 4.78 is 5.33. The first-order valence-electron chi connectivity index (χ1n) is 5.35. The summed E-state index contributed by atoms with van der Waals surface area (Å²) >= 11 is 0. The van der Waals surface area contributed by atoms with Crippen LogP contribution < -0.4 is 0 Å². The number of Topliss-reactive ketones (excluding diaryl/α,β-unsaturated/α-hetero) is 1. The molecule has 0 N–H and O–H groups in total. The summed E-state index contributed by atoms with van der Waals surface area (Å²) in [6.45, 7) is 3.60. The predicted octanol–water partition coefficient (Wildman–Crippen LogP) is 2.03. The summed E-state index contributed by atoms with van der Waals surface area (Å²) in [7, 11) is 0. The van der Waals surface area contributed by atoms with Gasteiger partial charge in [0.25, 0.3) is 0 Å². The molecule has 1 saturated carbocycles. The van der Waals surface area contributed by atoms with Gasteiger partial charge in [0.1, 0.15) is 5.78 Å². The number of ketones is 1. The van der Waals surface area contributed by atoms with Crippen LogP contribution in [0, 0.1) is 17.8 Å². The maximum absolute atomic E-state index is 11.0. The van der Waals surface area contributed by atoms with Gasteiger partial charge in [-0.1, -0.05) is 0 Å². The van der Waals surface area contributed by atoms with Crippen LogP contribution in [0.3, 0.4) is 0 Å². The maximum Gasteiger partial charge on any atom is 0.132 e. The lowest BCUT2D eigenvalue weighted by molar-refractivity contribution is -0.126. The second-order valence-corrected chi connectivity index (χ2v) is 4.49. The van der Waals surface area contributed by atoms with Crippen LogP contribution in [0.1, 0.15) is 32.6 Å². The van der Waals surface area contributed by atoms with Gasteiger partial charge in [0.15, 0.2) is 0 Å². The SMILES string of the molecule is CC(=O)C1CC(C2CCOCC2)C1. The van der Waals surface area contributed by atoms with Crippen molar-refractivity contribution >= 4 is 5.78 Å². The fourth-order valence-electron chi connectivity index (χ4n) is 2.57. The van der Waals surface area contributed by atoms with E-state index in [1.165, 1.54) is 12.8 Å². The summed E-state index contributed by atoms with van der Waals surface area (Å²) in [5.74, 6) is 2.47. The summed E-state index contributed by atoms with van der Waals surface area (Å²) in [4.78, 5) is 11.0. The van der Waals surface area contributed by atoms with E-state index in [4.69, 9.17) is 4.74 Å². The minimum Gasteiger partial charge on any atom is -0.381 e. The highest BCUT2D eigenvalue weighted by molar-refractivity contribution is 5.79. The zero-order valence-corrected chi connectivity index (χ0v) is 8.29. The zero-order chi connectivity index (χ0) is 9.26. The smallest absolute Gasteiger partial charge is 0.132 e. The molecular formula is C11H18O2. The molecule has 2 nitrogen and oxygen atoms in total. The van der Waals surface area contributed by atoms with Gasteiger partial charge in [0, 0.05) is 19.1 Å². The number of ether oxygens (including phenoxy) is 1. The van der Waals surface area contributed by atoms with Crippen LogP contribution in [0.15, 0.2) is 0 Å². The molecule has 13 heavy (non-hydrogen) atoms. The first-order chi connectivity index (χ1) is 6.27. The molecule has 0 aromatic heterocycles. The molecule has 1 aliphatic heterocycles. The Morgan fingerprint density at radius 1 is 1.15 bits per heavy atom. The van der Waals surface area contributed by atoms with Crippen molar-refractivity contribution < 1.29 is 9.53 Å². The van der Waals surface area contributed by atoms with E-state index in [2.05, 4.69) is 0 Å². The van der Waals surface area contributed by atoms with E-state index in [-0.39, 0.29) is 0 Å². The Morgan fingerprint density at radius 3 is 2.31 bits per heavy atom. The van der Waals surface area contributed by atoms with E-state index >= 15 is 0 Å². The number of carbonyl (C=O) groups excluding carboxylic acids is 1. The highest BCUT2D eigenvalue weighted by atomic mass is 16.5. The van der Waals surface area contributed by atoms with Gasteiger partial charge in [-0.2, -0.15) is 0 Å². The summed E-state index contributed by atoms with van der Waals surface area (Å²) in [5.41, 5.74) is 0. The topological polar surface area (TPSA) is 26.3 Å². The lowest BCUT2D eigenvalue weighted by Crippen LogP contribution is -2.36. The van der Waals surface area contributed by atoms with Crippen LogP contribution in [-0.2, 0) is 9.53 Å². The van der Waals surface area contributed by atoms with Crippen LogP contribution in [0.25, 0.3) is 0 Å². The second kappa shape index (κ2) is 3.79. The van der Waals surface area contributed by atoms with Crippen molar-refractivity contribution in [2.45, 2.75) is 32.6 Å². The molecule has 2 rings (SSSR count). The molecule has 0 spiro atoms. The second-order valence-electron chi connectivity index (χ2n) is 4.49. The molecule has 0 aromatic carbocycles. The Bertz CT molecular complexity index is 188. The molecule has 0 amide bonds. The van der Waals surface area contributed by atoms with Gasteiger partial charge in [0.2, 0.25) is 0 Å². The third-order valence-corrected chi connectivity index (χ3v) is 3.68. The fraction of sp³-hybridized carbons (Fsp3) is 0.909. The molecule has 1 saturated heterocycles. The van der Waals surface area contributed by atoms with Crippen molar-refractivity contribution in [2.24, 2.45) is 17.8 Å². The van der Waals surface area contributed by atoms with Gasteiger partial charge in [-0.15, -0.1) is 0 Å². The molecule has 0 aromatic rings.